The summed E-state index contributed by atoms with van der Waals surface area (Å²) >= 11 is 0. The second-order valence-electron chi connectivity index (χ2n) is 4.59. The fraction of sp³-hybridized carbons (Fsp3) is 0.538. The van der Waals surface area contributed by atoms with Gasteiger partial charge in [-0.1, -0.05) is 30.3 Å². The lowest BCUT2D eigenvalue weighted by molar-refractivity contribution is 0.00616. The number of hydrogen-bond acceptors (Lipinski definition) is 3. The third-order valence-electron chi connectivity index (χ3n) is 2.97. The Bertz CT molecular complexity index is 311. The van der Waals surface area contributed by atoms with Crippen LogP contribution in [0.2, 0.25) is 0 Å². The summed E-state index contributed by atoms with van der Waals surface area (Å²) in [5, 5.41) is 19.4. The van der Waals surface area contributed by atoms with E-state index in [2.05, 4.69) is 0 Å². The molecule has 90 valence electrons. The van der Waals surface area contributed by atoms with Gasteiger partial charge in [0.1, 0.15) is 0 Å². The monoisotopic (exact) mass is 223 g/mol. The standard InChI is InChI=1S/C13H21NO2/c1-11(9-15)14(3)10-13(2,16)12-7-5-4-6-8-12/h4-8,11,15-16H,9-10H2,1-3H3. The molecule has 0 aromatic heterocycles. The van der Waals surface area contributed by atoms with Crippen LogP contribution in [-0.4, -0.2) is 41.4 Å². The minimum Gasteiger partial charge on any atom is -0.395 e. The lowest BCUT2D eigenvalue weighted by atomic mass is 9.95. The second kappa shape index (κ2) is 5.43. The van der Waals surface area contributed by atoms with Crippen molar-refractivity contribution in [2.45, 2.75) is 25.5 Å². The van der Waals surface area contributed by atoms with Crippen LogP contribution in [0.5, 0.6) is 0 Å². The molecule has 2 N–H and O–H groups in total. The first-order valence-corrected chi connectivity index (χ1v) is 5.56. The molecule has 2 unspecified atom stereocenters. The largest absolute Gasteiger partial charge is 0.395 e. The van der Waals surface area contributed by atoms with Crippen LogP contribution in [0, 0.1) is 0 Å². The second-order valence-corrected chi connectivity index (χ2v) is 4.59. The number of benzene rings is 1. The quantitative estimate of drug-likeness (QED) is 0.788. The molecule has 0 saturated heterocycles. The molecule has 0 fully saturated rings. The molecule has 0 radical (unpaired) electrons. The highest BCUT2D eigenvalue weighted by Gasteiger charge is 2.26. The Labute approximate surface area is 97.3 Å². The fourth-order valence-electron chi connectivity index (χ4n) is 1.67. The lowest BCUT2D eigenvalue weighted by Gasteiger charge is -2.32. The van der Waals surface area contributed by atoms with Gasteiger partial charge in [0.15, 0.2) is 0 Å². The molecule has 0 bridgehead atoms. The summed E-state index contributed by atoms with van der Waals surface area (Å²) < 4.78 is 0. The van der Waals surface area contributed by atoms with Crippen molar-refractivity contribution < 1.29 is 10.2 Å². The van der Waals surface area contributed by atoms with Crippen molar-refractivity contribution in [2.75, 3.05) is 20.2 Å². The van der Waals surface area contributed by atoms with E-state index < -0.39 is 5.60 Å². The Morgan fingerprint density at radius 1 is 1.31 bits per heavy atom. The Kier molecular flexibility index (Phi) is 4.47. The summed E-state index contributed by atoms with van der Waals surface area (Å²) in [4.78, 5) is 1.95. The molecule has 0 spiro atoms. The average Bonchev–Trinajstić information content (AvgIpc) is 2.28. The number of aliphatic hydroxyl groups excluding tert-OH is 1. The van der Waals surface area contributed by atoms with E-state index >= 15 is 0 Å². The maximum atomic E-state index is 10.4. The molecule has 0 heterocycles. The molecule has 3 nitrogen and oxygen atoms in total. The molecule has 1 rings (SSSR count). The molecule has 3 heteroatoms. The van der Waals surface area contributed by atoms with E-state index in [1.54, 1.807) is 6.92 Å². The van der Waals surface area contributed by atoms with Gasteiger partial charge in [0.25, 0.3) is 0 Å². The molecule has 1 aromatic rings. The third-order valence-corrected chi connectivity index (χ3v) is 2.97. The summed E-state index contributed by atoms with van der Waals surface area (Å²) in [5.41, 5.74) is 0.00592. The summed E-state index contributed by atoms with van der Waals surface area (Å²) in [6.07, 6.45) is 0. The smallest absolute Gasteiger partial charge is 0.0994 e. The molecule has 0 saturated carbocycles. The van der Waals surface area contributed by atoms with Crippen molar-refractivity contribution in [2.24, 2.45) is 0 Å². The van der Waals surface area contributed by atoms with Crippen molar-refractivity contribution in [3.05, 3.63) is 35.9 Å². The number of rotatable bonds is 5. The van der Waals surface area contributed by atoms with Gasteiger partial charge >= 0.3 is 0 Å². The number of likely N-dealkylation sites (N-methyl/N-ethyl adjacent to an activating group) is 1. The van der Waals surface area contributed by atoms with Crippen LogP contribution in [0.25, 0.3) is 0 Å². The van der Waals surface area contributed by atoms with Gasteiger partial charge < -0.3 is 10.2 Å². The van der Waals surface area contributed by atoms with Crippen molar-refractivity contribution in [1.29, 1.82) is 0 Å². The van der Waals surface area contributed by atoms with Crippen molar-refractivity contribution in [3.63, 3.8) is 0 Å². The van der Waals surface area contributed by atoms with Gasteiger partial charge in [-0.25, -0.2) is 0 Å². The van der Waals surface area contributed by atoms with Crippen LogP contribution >= 0.6 is 0 Å². The predicted molar refractivity (Wildman–Crippen MR) is 65.2 cm³/mol. The van der Waals surface area contributed by atoms with Crippen molar-refractivity contribution in [3.8, 4) is 0 Å². The summed E-state index contributed by atoms with van der Waals surface area (Å²) in [6.45, 7) is 4.32. The topological polar surface area (TPSA) is 43.7 Å². The van der Waals surface area contributed by atoms with Gasteiger partial charge in [-0.15, -0.1) is 0 Å². The highest BCUT2D eigenvalue weighted by Crippen LogP contribution is 2.21. The number of hydrogen-bond donors (Lipinski definition) is 2. The zero-order valence-corrected chi connectivity index (χ0v) is 10.2. The maximum Gasteiger partial charge on any atom is 0.0994 e. The Morgan fingerprint density at radius 3 is 2.38 bits per heavy atom. The highest BCUT2D eigenvalue weighted by atomic mass is 16.3. The van der Waals surface area contributed by atoms with Gasteiger partial charge in [-0.3, -0.25) is 4.90 Å². The van der Waals surface area contributed by atoms with Gasteiger partial charge in [-0.05, 0) is 26.5 Å². The zero-order chi connectivity index (χ0) is 12.2. The first kappa shape index (κ1) is 13.2. The summed E-state index contributed by atoms with van der Waals surface area (Å²) in [5.74, 6) is 0. The summed E-state index contributed by atoms with van der Waals surface area (Å²) in [7, 11) is 1.90. The molecule has 0 aliphatic heterocycles. The molecule has 2 atom stereocenters. The van der Waals surface area contributed by atoms with Crippen LogP contribution < -0.4 is 0 Å². The Morgan fingerprint density at radius 2 is 1.88 bits per heavy atom. The Balaban J connectivity index is 2.72. The summed E-state index contributed by atoms with van der Waals surface area (Å²) in [6, 6.07) is 9.64. The van der Waals surface area contributed by atoms with Crippen molar-refractivity contribution in [1.82, 2.24) is 4.90 Å². The zero-order valence-electron chi connectivity index (χ0n) is 10.2. The van der Waals surface area contributed by atoms with E-state index in [4.69, 9.17) is 5.11 Å². The van der Waals surface area contributed by atoms with Crippen LogP contribution in [0.3, 0.4) is 0 Å². The van der Waals surface area contributed by atoms with E-state index in [-0.39, 0.29) is 12.6 Å². The van der Waals surface area contributed by atoms with Gasteiger partial charge in [0.05, 0.1) is 12.2 Å². The van der Waals surface area contributed by atoms with E-state index in [9.17, 15) is 5.11 Å². The van der Waals surface area contributed by atoms with Crippen LogP contribution in [0.4, 0.5) is 0 Å². The number of nitrogens with zero attached hydrogens (tertiary/aromatic N) is 1. The average molecular weight is 223 g/mol. The van der Waals surface area contributed by atoms with Crippen LogP contribution in [-0.2, 0) is 5.60 Å². The first-order chi connectivity index (χ1) is 7.47. The lowest BCUT2D eigenvalue weighted by Crippen LogP contribution is -2.42. The van der Waals surface area contributed by atoms with Gasteiger partial charge in [0.2, 0.25) is 0 Å². The maximum absolute atomic E-state index is 10.4. The highest BCUT2D eigenvalue weighted by molar-refractivity contribution is 5.21. The fourth-order valence-corrected chi connectivity index (χ4v) is 1.67. The minimum absolute atomic E-state index is 0.0511. The normalized spacial score (nSPS) is 17.1. The number of aliphatic hydroxyl groups is 2. The molecule has 16 heavy (non-hydrogen) atoms. The van der Waals surface area contributed by atoms with E-state index in [1.165, 1.54) is 0 Å². The molecule has 0 amide bonds. The van der Waals surface area contributed by atoms with E-state index in [0.717, 1.165) is 5.56 Å². The van der Waals surface area contributed by atoms with Gasteiger partial charge in [-0.2, -0.15) is 0 Å². The van der Waals surface area contributed by atoms with Crippen LogP contribution in [0.1, 0.15) is 19.4 Å². The van der Waals surface area contributed by atoms with Crippen molar-refractivity contribution >= 4 is 0 Å². The molecule has 0 aliphatic rings. The minimum atomic E-state index is -0.889. The Hall–Kier alpha value is -0.900. The third kappa shape index (κ3) is 3.30. The molecule has 1 aromatic carbocycles. The molecular weight excluding hydrogens is 202 g/mol. The molecule has 0 aliphatic carbocycles. The van der Waals surface area contributed by atoms with E-state index in [0.29, 0.717) is 6.54 Å². The SMILES string of the molecule is CC(CO)N(C)CC(C)(O)c1ccccc1. The first-order valence-electron chi connectivity index (χ1n) is 5.56. The van der Waals surface area contributed by atoms with Gasteiger partial charge in [0, 0.05) is 12.6 Å². The molecular formula is C13H21NO2. The predicted octanol–water partition coefficient (Wildman–Crippen LogP) is 1.21. The van der Waals surface area contributed by atoms with E-state index in [1.807, 2.05) is 49.2 Å². The van der Waals surface area contributed by atoms with Crippen LogP contribution in [0.15, 0.2) is 30.3 Å².